The third kappa shape index (κ3) is 4.58. The Balaban J connectivity index is 2.12. The van der Waals surface area contributed by atoms with Crippen LogP contribution in [0.4, 0.5) is 0 Å². The Morgan fingerprint density at radius 1 is 0.957 bits per heavy atom. The standard InChI is InChI=1S/C10H15.3C4H9.Sn/c1-7-4-5-8-6-9(7)10(8,2)3;3*1-3-4-2;/h4,8-9H,1,5-6H2,2-3H3;3*1,3-4H2,2H3;/t8-,9-;;;;/m0..../s1. The molecule has 0 aliphatic heterocycles. The van der Waals surface area contributed by atoms with Gasteiger partial charge in [0.05, 0.1) is 0 Å². The van der Waals surface area contributed by atoms with E-state index in [2.05, 4.69) is 40.7 Å². The molecule has 0 nitrogen and oxygen atoms in total. The fourth-order valence-electron chi connectivity index (χ4n) is 5.40. The SMILES string of the molecule is CCC[CH2][Sn]([CH2]CCC)([CH2]CCC)[CH2]C1=CC[C@H]2C[C@@H]1C2(C)C. The van der Waals surface area contributed by atoms with Crippen LogP contribution in [0.2, 0.25) is 17.7 Å². The minimum atomic E-state index is -1.97. The van der Waals surface area contributed by atoms with Crippen LogP contribution in [-0.2, 0) is 0 Å². The molecule has 1 saturated carbocycles. The fourth-order valence-corrected chi connectivity index (χ4v) is 22.1. The van der Waals surface area contributed by atoms with Crippen molar-refractivity contribution in [2.45, 2.75) is 104 Å². The maximum atomic E-state index is 2.72. The van der Waals surface area contributed by atoms with Gasteiger partial charge in [-0.1, -0.05) is 0 Å². The number of hydrogen-bond donors (Lipinski definition) is 0. The number of allylic oxidation sites excluding steroid dienone is 2. The van der Waals surface area contributed by atoms with Gasteiger partial charge in [0, 0.05) is 0 Å². The van der Waals surface area contributed by atoms with E-state index in [9.17, 15) is 0 Å². The van der Waals surface area contributed by atoms with Gasteiger partial charge in [-0.25, -0.2) is 0 Å². The molecule has 0 unspecified atom stereocenters. The molecular weight excluding hydrogens is 383 g/mol. The first-order valence-corrected chi connectivity index (χ1v) is 18.7. The summed E-state index contributed by atoms with van der Waals surface area (Å²) in [5, 5.41) is 0. The van der Waals surface area contributed by atoms with Crippen LogP contribution >= 0.6 is 0 Å². The van der Waals surface area contributed by atoms with Gasteiger partial charge in [-0.15, -0.1) is 0 Å². The van der Waals surface area contributed by atoms with E-state index < -0.39 is 18.4 Å². The number of fused-ring (bicyclic) bond motifs is 1. The third-order valence-electron chi connectivity index (χ3n) is 7.34. The summed E-state index contributed by atoms with van der Waals surface area (Å²) in [6.07, 6.45) is 14.4. The zero-order valence-electron chi connectivity index (χ0n) is 16.7. The first-order chi connectivity index (χ1) is 11.0. The molecule has 0 spiro atoms. The molecule has 0 aromatic carbocycles. The van der Waals surface area contributed by atoms with E-state index in [1.54, 1.807) is 17.7 Å². The van der Waals surface area contributed by atoms with Crippen LogP contribution in [0.5, 0.6) is 0 Å². The van der Waals surface area contributed by atoms with Gasteiger partial charge < -0.3 is 0 Å². The van der Waals surface area contributed by atoms with E-state index in [1.165, 1.54) is 51.4 Å². The van der Waals surface area contributed by atoms with Gasteiger partial charge in [-0.3, -0.25) is 0 Å². The fraction of sp³-hybridized carbons (Fsp3) is 0.909. The van der Waals surface area contributed by atoms with Gasteiger partial charge in [-0.2, -0.15) is 0 Å². The van der Waals surface area contributed by atoms with Crippen LogP contribution in [0.3, 0.4) is 0 Å². The van der Waals surface area contributed by atoms with E-state index in [4.69, 9.17) is 0 Å². The van der Waals surface area contributed by atoms with Crippen molar-refractivity contribution in [3.8, 4) is 0 Å². The third-order valence-corrected chi connectivity index (χ3v) is 22.8. The zero-order valence-corrected chi connectivity index (χ0v) is 19.6. The topological polar surface area (TPSA) is 0 Å². The molecule has 0 N–H and O–H groups in total. The zero-order chi connectivity index (χ0) is 16.9. The summed E-state index contributed by atoms with van der Waals surface area (Å²) >= 11 is -1.97. The first kappa shape index (κ1) is 19.9. The number of hydrogen-bond acceptors (Lipinski definition) is 0. The van der Waals surface area contributed by atoms with Crippen molar-refractivity contribution in [1.29, 1.82) is 0 Å². The summed E-state index contributed by atoms with van der Waals surface area (Å²) in [7, 11) is 0. The Kier molecular flexibility index (Phi) is 7.57. The normalized spacial score (nSPS) is 25.9. The molecule has 0 amide bonds. The van der Waals surface area contributed by atoms with Crippen LogP contribution < -0.4 is 0 Å². The minimum absolute atomic E-state index is 0.627. The van der Waals surface area contributed by atoms with E-state index in [0.29, 0.717) is 5.41 Å². The summed E-state index contributed by atoms with van der Waals surface area (Å²) in [4.78, 5) is 0. The van der Waals surface area contributed by atoms with Gasteiger partial charge in [0.25, 0.3) is 0 Å². The molecule has 2 atom stereocenters. The Bertz CT molecular complexity index is 371. The molecular formula is C22H42Sn. The second kappa shape index (κ2) is 8.77. The van der Waals surface area contributed by atoms with E-state index in [-0.39, 0.29) is 0 Å². The molecule has 23 heavy (non-hydrogen) atoms. The van der Waals surface area contributed by atoms with Gasteiger partial charge >= 0.3 is 151 Å². The maximum absolute atomic E-state index is 2.72. The Labute approximate surface area is 150 Å². The molecule has 1 fully saturated rings. The predicted octanol–water partition coefficient (Wildman–Crippen LogP) is 7.83. The van der Waals surface area contributed by atoms with Gasteiger partial charge in [0.1, 0.15) is 0 Å². The van der Waals surface area contributed by atoms with Crippen LogP contribution in [0.1, 0.15) is 86.0 Å². The average Bonchev–Trinajstić information content (AvgIpc) is 2.56. The van der Waals surface area contributed by atoms with E-state index >= 15 is 0 Å². The molecule has 2 bridgehead atoms. The van der Waals surface area contributed by atoms with Crippen molar-refractivity contribution >= 4 is 18.4 Å². The molecule has 0 heterocycles. The van der Waals surface area contributed by atoms with Crippen molar-refractivity contribution in [2.75, 3.05) is 0 Å². The van der Waals surface area contributed by atoms with Gasteiger partial charge in [0.15, 0.2) is 0 Å². The van der Waals surface area contributed by atoms with Crippen molar-refractivity contribution < 1.29 is 0 Å². The predicted molar refractivity (Wildman–Crippen MR) is 108 cm³/mol. The summed E-state index contributed by atoms with van der Waals surface area (Å²) in [6, 6.07) is 0. The molecule has 0 radical (unpaired) electrons. The van der Waals surface area contributed by atoms with Crippen LogP contribution in [0.15, 0.2) is 11.6 Å². The van der Waals surface area contributed by atoms with Crippen LogP contribution in [-0.4, -0.2) is 18.4 Å². The quantitative estimate of drug-likeness (QED) is 0.234. The first-order valence-electron chi connectivity index (χ1n) is 10.7. The second-order valence-electron chi connectivity index (χ2n) is 9.31. The van der Waals surface area contributed by atoms with Crippen molar-refractivity contribution in [1.82, 2.24) is 0 Å². The molecule has 134 valence electrons. The van der Waals surface area contributed by atoms with Crippen molar-refractivity contribution in [3.05, 3.63) is 11.6 Å². The monoisotopic (exact) mass is 426 g/mol. The molecule has 0 aromatic heterocycles. The average molecular weight is 425 g/mol. The van der Waals surface area contributed by atoms with Gasteiger partial charge in [-0.05, 0) is 0 Å². The summed E-state index contributed by atoms with van der Waals surface area (Å²) in [5.74, 6) is 1.96. The van der Waals surface area contributed by atoms with E-state index in [0.717, 1.165) is 11.8 Å². The Morgan fingerprint density at radius 3 is 1.87 bits per heavy atom. The van der Waals surface area contributed by atoms with Crippen molar-refractivity contribution in [3.63, 3.8) is 0 Å². The van der Waals surface area contributed by atoms with Crippen molar-refractivity contribution in [2.24, 2.45) is 17.3 Å². The van der Waals surface area contributed by atoms with E-state index in [1.807, 2.05) is 5.57 Å². The van der Waals surface area contributed by atoms with Crippen LogP contribution in [0, 0.1) is 17.3 Å². The molecule has 3 aliphatic rings. The summed E-state index contributed by atoms with van der Waals surface area (Å²) in [6.45, 7) is 12.3. The van der Waals surface area contributed by atoms with Gasteiger partial charge in [0.2, 0.25) is 0 Å². The molecule has 3 aliphatic carbocycles. The number of unbranched alkanes of at least 4 members (excludes halogenated alkanes) is 3. The molecule has 1 heteroatoms. The second-order valence-corrected chi connectivity index (χ2v) is 23.2. The number of rotatable bonds is 11. The molecule has 0 aromatic rings. The summed E-state index contributed by atoms with van der Waals surface area (Å²) < 4.78 is 6.67. The summed E-state index contributed by atoms with van der Waals surface area (Å²) in [5.41, 5.74) is 2.58. The Hall–Kier alpha value is 0.539. The Morgan fingerprint density at radius 2 is 1.48 bits per heavy atom. The molecule has 3 rings (SSSR count). The molecule has 0 saturated heterocycles. The van der Waals surface area contributed by atoms with Crippen LogP contribution in [0.25, 0.3) is 0 Å².